The Morgan fingerprint density at radius 2 is 0.899 bits per heavy atom. The van der Waals surface area contributed by atoms with E-state index in [1.165, 1.54) is 73.3 Å². The average Bonchev–Trinajstić information content (AvgIpc) is 4.15. The Kier molecular flexibility index (Phi) is 18.4. The number of aromatic nitrogens is 5. The number of nitrogens with two attached hydrogens (primary N) is 1. The predicted molar refractivity (Wildman–Crippen MR) is 333 cm³/mol. The van der Waals surface area contributed by atoms with Gasteiger partial charge in [0.1, 0.15) is 10.0 Å². The predicted octanol–water partition coefficient (Wildman–Crippen LogP) is 13.0. The zero-order valence-electron chi connectivity index (χ0n) is 44.5. The van der Waals surface area contributed by atoms with Gasteiger partial charge in [0.2, 0.25) is 0 Å². The third kappa shape index (κ3) is 13.9. The topological polar surface area (TPSA) is 134 Å². The SMILES string of the molecule is NC1CCN(Cc2ccc3cncc(-c4nc5ccccc5s4)c3c2)CC1.O=C[B]CC1CCN(Cc2ccc3cncc(-c4nc5ccccc5s4)c3c2)CC1.O=C[B]CC1CCN(Cc2ccc3cncc(Br)c3c2)CC1. The number of pyridine rings is 3. The summed E-state index contributed by atoms with van der Waals surface area (Å²) < 4.78 is 3.47. The van der Waals surface area contributed by atoms with Crippen molar-refractivity contribution in [2.45, 2.75) is 76.8 Å². The van der Waals surface area contributed by atoms with E-state index in [1.54, 1.807) is 37.2 Å². The Hall–Kier alpha value is -6.10. The van der Waals surface area contributed by atoms with Crippen LogP contribution in [0.3, 0.4) is 0 Å². The molecule has 0 saturated carbocycles. The van der Waals surface area contributed by atoms with Crippen LogP contribution in [0.15, 0.2) is 145 Å². The Balaban J connectivity index is 0.000000127. The second kappa shape index (κ2) is 26.4. The normalized spacial score (nSPS) is 16.2. The maximum absolute atomic E-state index is 10.6. The van der Waals surface area contributed by atoms with Crippen LogP contribution >= 0.6 is 38.6 Å². The van der Waals surface area contributed by atoms with Crippen LogP contribution in [0.5, 0.6) is 0 Å². The highest BCUT2D eigenvalue weighted by Crippen LogP contribution is 2.37. The van der Waals surface area contributed by atoms with Crippen molar-refractivity contribution in [2.24, 2.45) is 17.6 Å². The van der Waals surface area contributed by atoms with Crippen molar-refractivity contribution in [3.05, 3.63) is 161 Å². The number of para-hydroxylation sites is 2. The first-order chi connectivity index (χ1) is 38.8. The quantitative estimate of drug-likeness (QED) is 0.0824. The van der Waals surface area contributed by atoms with Gasteiger partial charge in [-0.05, 0) is 181 Å². The molecule has 8 heterocycles. The van der Waals surface area contributed by atoms with Gasteiger partial charge in [-0.2, -0.15) is 0 Å². The molecular weight excluding hydrogens is 1080 g/mol. The first-order valence-corrected chi connectivity index (χ1v) is 30.2. The fourth-order valence-corrected chi connectivity index (χ4v) is 13.8. The first-order valence-electron chi connectivity index (χ1n) is 27.8. The van der Waals surface area contributed by atoms with Gasteiger partial charge in [-0.3, -0.25) is 29.7 Å². The second-order valence-electron chi connectivity index (χ2n) is 21.4. The number of carbonyl (C=O) groups excluding carboxylic acids is 2. The molecule has 0 bridgehead atoms. The highest BCUT2D eigenvalue weighted by Gasteiger charge is 2.22. The first kappa shape index (κ1) is 54.8. The molecule has 5 aromatic heterocycles. The lowest BCUT2D eigenvalue weighted by Gasteiger charge is -2.31. The van der Waals surface area contributed by atoms with Crippen LogP contribution in [0.4, 0.5) is 0 Å². The Labute approximate surface area is 480 Å². The smallest absolute Gasteiger partial charge is 0.197 e. The summed E-state index contributed by atoms with van der Waals surface area (Å²) in [6.45, 7) is 9.52. The molecule has 3 fully saturated rings. The van der Waals surface area contributed by atoms with Gasteiger partial charge < -0.3 is 15.3 Å². The largest absolute Gasteiger partial charge is 0.328 e. The minimum absolute atomic E-state index is 0.370. The molecule has 0 aliphatic carbocycles. The molecule has 3 saturated heterocycles. The number of thiazole rings is 2. The Morgan fingerprint density at radius 1 is 0.506 bits per heavy atom. The summed E-state index contributed by atoms with van der Waals surface area (Å²) in [5, 5.41) is 9.22. The van der Waals surface area contributed by atoms with E-state index in [9.17, 15) is 9.59 Å². The van der Waals surface area contributed by atoms with Gasteiger partial charge in [0, 0.05) is 94.6 Å². The van der Waals surface area contributed by atoms with Gasteiger partial charge >= 0.3 is 0 Å². The van der Waals surface area contributed by atoms with Gasteiger partial charge in [0.15, 0.2) is 14.6 Å². The summed E-state index contributed by atoms with van der Waals surface area (Å²) in [7, 11) is 3.52. The van der Waals surface area contributed by atoms with Crippen LogP contribution in [-0.4, -0.2) is 112 Å². The molecule has 2 radical (unpaired) electrons. The highest BCUT2D eigenvalue weighted by molar-refractivity contribution is 9.10. The lowest BCUT2D eigenvalue weighted by Crippen LogP contribution is -2.39. The standard InChI is InChI=1S/C24H23BN3OS.C22H22N4S.C17H19BBrN2O/c29-16-25-12-17-7-9-28(10-8-17)15-18-5-6-19-13-26-14-21(20(19)11-18)24-27-22-3-1-2-4-23(22)30-24;23-17-7-9-26(10-8-17)14-15-5-6-16-12-24-13-19(18(16)11-15)22-25-20-3-1-2-4-21(20)27-22;19-17-10-20-9-15-2-1-14(7-16(15)17)11-21-5-3-13(4-6-21)8-18-12-22/h1-6,11,13-14,16-17H,7-10,12,15H2;1-6,11-13,17H,7-10,14,23H2;1-2,7,9-10,12-13H,3-6,8,11H2. The van der Waals surface area contributed by atoms with Crippen molar-refractivity contribution >= 4 is 118 Å². The number of hydrogen-bond acceptors (Lipinski definition) is 13. The number of nitrogens with zero attached hydrogens (tertiary/aromatic N) is 8. The maximum Gasteiger partial charge on any atom is 0.197 e. The fourth-order valence-electron chi connectivity index (χ4n) is 11.4. The number of piperidine rings is 3. The number of rotatable bonds is 14. The van der Waals surface area contributed by atoms with E-state index in [0.717, 1.165) is 144 Å². The second-order valence-corrected chi connectivity index (χ2v) is 24.3. The third-order valence-electron chi connectivity index (χ3n) is 15.9. The molecule has 5 aromatic carbocycles. The zero-order chi connectivity index (χ0) is 53.9. The van der Waals surface area contributed by atoms with Crippen molar-refractivity contribution in [1.82, 2.24) is 39.6 Å². The molecule has 0 atom stereocenters. The number of carbonyl (C=O) groups is 2. The molecule has 16 heteroatoms. The number of fused-ring (bicyclic) bond motifs is 5. The molecule has 10 aromatic rings. The lowest BCUT2D eigenvalue weighted by atomic mass is 9.69. The van der Waals surface area contributed by atoms with Crippen molar-refractivity contribution in [1.29, 1.82) is 0 Å². The molecule has 2 N–H and O–H groups in total. The zero-order valence-corrected chi connectivity index (χ0v) is 47.7. The Bertz CT molecular complexity index is 3620. The summed E-state index contributed by atoms with van der Waals surface area (Å²) in [5.74, 6) is 1.33. The molecular formula is C63H64B2BrN9O2S2. The fraction of sp³-hybridized carbons (Fsp3) is 0.317. The lowest BCUT2D eigenvalue weighted by molar-refractivity contribution is 0.185. The van der Waals surface area contributed by atoms with E-state index in [0.29, 0.717) is 17.9 Å². The summed E-state index contributed by atoms with van der Waals surface area (Å²) in [5.41, 5.74) is 14.4. The molecule has 11 nitrogen and oxygen atoms in total. The molecule has 79 heavy (non-hydrogen) atoms. The summed E-state index contributed by atoms with van der Waals surface area (Å²) >= 11 is 7.04. The van der Waals surface area contributed by atoms with Crippen LogP contribution in [0.2, 0.25) is 12.6 Å². The molecule has 3 aliphatic heterocycles. The van der Waals surface area contributed by atoms with E-state index in [-0.39, 0.29) is 0 Å². The van der Waals surface area contributed by atoms with Gasteiger partial charge in [-0.15, -0.1) is 22.7 Å². The van der Waals surface area contributed by atoms with E-state index < -0.39 is 0 Å². The minimum atomic E-state index is 0.370. The van der Waals surface area contributed by atoms with Crippen LogP contribution in [0, 0.1) is 11.8 Å². The molecule has 0 unspecified atom stereocenters. The molecule has 0 spiro atoms. The van der Waals surface area contributed by atoms with Crippen molar-refractivity contribution < 1.29 is 9.59 Å². The van der Waals surface area contributed by atoms with Crippen LogP contribution < -0.4 is 5.73 Å². The maximum atomic E-state index is 10.6. The number of benzene rings is 5. The van der Waals surface area contributed by atoms with Crippen LogP contribution in [0.25, 0.3) is 73.9 Å². The third-order valence-corrected chi connectivity index (χ3v) is 18.6. The van der Waals surface area contributed by atoms with E-state index >= 15 is 0 Å². The summed E-state index contributed by atoms with van der Waals surface area (Å²) in [6, 6.07) is 37.0. The van der Waals surface area contributed by atoms with Crippen molar-refractivity contribution in [3.63, 3.8) is 0 Å². The minimum Gasteiger partial charge on any atom is -0.328 e. The van der Waals surface area contributed by atoms with Crippen LogP contribution in [-0.2, 0) is 29.2 Å². The van der Waals surface area contributed by atoms with Gasteiger partial charge in [0.25, 0.3) is 0 Å². The van der Waals surface area contributed by atoms with Crippen molar-refractivity contribution in [2.75, 3.05) is 39.3 Å². The van der Waals surface area contributed by atoms with Gasteiger partial charge in [0.05, 0.1) is 32.8 Å². The van der Waals surface area contributed by atoms with Crippen molar-refractivity contribution in [3.8, 4) is 21.1 Å². The molecule has 398 valence electrons. The van der Waals surface area contributed by atoms with Crippen LogP contribution in [0.1, 0.15) is 55.2 Å². The number of likely N-dealkylation sites (tertiary alicyclic amines) is 3. The highest BCUT2D eigenvalue weighted by atomic mass is 79.9. The van der Waals surface area contributed by atoms with Gasteiger partial charge in [-0.25, -0.2) is 9.97 Å². The van der Waals surface area contributed by atoms with E-state index in [1.807, 2.05) is 49.3 Å². The number of hydrogen-bond donors (Lipinski definition) is 1. The average molecular weight is 1140 g/mol. The monoisotopic (exact) mass is 1140 g/mol. The summed E-state index contributed by atoms with van der Waals surface area (Å²) in [4.78, 5) is 51.3. The van der Waals surface area contributed by atoms with E-state index in [2.05, 4.69) is 137 Å². The Morgan fingerprint density at radius 3 is 1.33 bits per heavy atom. The molecule has 3 aliphatic rings. The molecule has 13 rings (SSSR count). The van der Waals surface area contributed by atoms with E-state index in [4.69, 9.17) is 15.7 Å². The summed E-state index contributed by atoms with van der Waals surface area (Å²) in [6.07, 6.45) is 22.1. The number of halogens is 1. The molecule has 0 amide bonds. The van der Waals surface area contributed by atoms with Gasteiger partial charge in [-0.1, -0.05) is 73.3 Å².